The SMILES string of the molecule is CCCNC1CCC(NC(=O)CCC2CCCCC2)CC1. The van der Waals surface area contributed by atoms with Crippen LogP contribution in [0, 0.1) is 5.92 Å². The number of carbonyl (C=O) groups is 1. The van der Waals surface area contributed by atoms with E-state index in [0.717, 1.165) is 38.1 Å². The summed E-state index contributed by atoms with van der Waals surface area (Å²) in [6.07, 6.45) is 14.6. The van der Waals surface area contributed by atoms with Gasteiger partial charge < -0.3 is 10.6 Å². The molecule has 0 bridgehead atoms. The van der Waals surface area contributed by atoms with Gasteiger partial charge in [-0.15, -0.1) is 0 Å². The number of amides is 1. The van der Waals surface area contributed by atoms with Crippen molar-refractivity contribution in [3.63, 3.8) is 0 Å². The summed E-state index contributed by atoms with van der Waals surface area (Å²) in [5, 5.41) is 6.87. The van der Waals surface area contributed by atoms with Gasteiger partial charge in [0.15, 0.2) is 0 Å². The molecule has 0 radical (unpaired) electrons. The van der Waals surface area contributed by atoms with E-state index in [2.05, 4.69) is 17.6 Å². The van der Waals surface area contributed by atoms with Gasteiger partial charge in [0.1, 0.15) is 0 Å². The first-order valence-electron chi connectivity index (χ1n) is 9.30. The van der Waals surface area contributed by atoms with E-state index in [9.17, 15) is 4.79 Å². The molecule has 2 N–H and O–H groups in total. The molecule has 0 atom stereocenters. The zero-order valence-electron chi connectivity index (χ0n) is 13.8. The zero-order chi connectivity index (χ0) is 14.9. The number of carbonyl (C=O) groups excluding carboxylic acids is 1. The number of hydrogen-bond acceptors (Lipinski definition) is 2. The van der Waals surface area contributed by atoms with Crippen LogP contribution >= 0.6 is 0 Å². The van der Waals surface area contributed by atoms with E-state index in [1.807, 2.05) is 0 Å². The fraction of sp³-hybridized carbons (Fsp3) is 0.944. The van der Waals surface area contributed by atoms with Crippen molar-refractivity contribution in [2.45, 2.75) is 96.1 Å². The molecule has 0 saturated heterocycles. The van der Waals surface area contributed by atoms with Gasteiger partial charge in [0.05, 0.1) is 0 Å². The molecule has 2 aliphatic rings. The van der Waals surface area contributed by atoms with Gasteiger partial charge in [0, 0.05) is 18.5 Å². The number of rotatable bonds is 7. The van der Waals surface area contributed by atoms with Crippen molar-refractivity contribution in [3.8, 4) is 0 Å². The third kappa shape index (κ3) is 6.37. The lowest BCUT2D eigenvalue weighted by atomic mass is 9.86. The highest BCUT2D eigenvalue weighted by molar-refractivity contribution is 5.76. The zero-order valence-corrected chi connectivity index (χ0v) is 13.8. The summed E-state index contributed by atoms with van der Waals surface area (Å²) in [4.78, 5) is 12.1. The highest BCUT2D eigenvalue weighted by Gasteiger charge is 2.22. The molecule has 3 nitrogen and oxygen atoms in total. The number of hydrogen-bond donors (Lipinski definition) is 2. The van der Waals surface area contributed by atoms with Crippen LogP contribution in [0.1, 0.15) is 84.0 Å². The van der Waals surface area contributed by atoms with Crippen LogP contribution in [0.15, 0.2) is 0 Å². The molecule has 2 rings (SSSR count). The van der Waals surface area contributed by atoms with Gasteiger partial charge in [-0.3, -0.25) is 4.79 Å². The molecule has 0 aromatic heterocycles. The van der Waals surface area contributed by atoms with Crippen molar-refractivity contribution >= 4 is 5.91 Å². The standard InChI is InChI=1S/C18H34N2O/c1-2-14-19-16-9-11-17(12-10-16)20-18(21)13-8-15-6-4-3-5-7-15/h15-17,19H,2-14H2,1H3,(H,20,21). The van der Waals surface area contributed by atoms with E-state index in [0.29, 0.717) is 18.0 Å². The lowest BCUT2D eigenvalue weighted by molar-refractivity contribution is -0.122. The monoisotopic (exact) mass is 294 g/mol. The summed E-state index contributed by atoms with van der Waals surface area (Å²) in [7, 11) is 0. The maximum absolute atomic E-state index is 12.1. The molecule has 0 aromatic carbocycles. The van der Waals surface area contributed by atoms with Crippen molar-refractivity contribution in [2.24, 2.45) is 5.92 Å². The van der Waals surface area contributed by atoms with Crippen molar-refractivity contribution in [1.82, 2.24) is 10.6 Å². The van der Waals surface area contributed by atoms with Gasteiger partial charge in [0.25, 0.3) is 0 Å². The number of nitrogens with one attached hydrogen (secondary N) is 2. The average Bonchev–Trinajstić information content (AvgIpc) is 2.53. The molecule has 0 heterocycles. The second-order valence-corrected chi connectivity index (χ2v) is 7.11. The molecule has 2 aliphatic carbocycles. The summed E-state index contributed by atoms with van der Waals surface area (Å²) < 4.78 is 0. The molecule has 0 unspecified atom stereocenters. The minimum atomic E-state index is 0.297. The molecule has 0 aromatic rings. The minimum Gasteiger partial charge on any atom is -0.353 e. The highest BCUT2D eigenvalue weighted by Crippen LogP contribution is 2.27. The highest BCUT2D eigenvalue weighted by atomic mass is 16.1. The second kappa shape index (κ2) is 9.45. The lowest BCUT2D eigenvalue weighted by Gasteiger charge is -2.30. The predicted octanol–water partition coefficient (Wildman–Crippen LogP) is 3.77. The molecule has 0 spiro atoms. The third-order valence-electron chi connectivity index (χ3n) is 5.28. The average molecular weight is 294 g/mol. The van der Waals surface area contributed by atoms with Crippen LogP contribution in [0.4, 0.5) is 0 Å². The lowest BCUT2D eigenvalue weighted by Crippen LogP contribution is -2.42. The molecular formula is C18H34N2O. The molecule has 21 heavy (non-hydrogen) atoms. The smallest absolute Gasteiger partial charge is 0.220 e. The molecule has 0 aliphatic heterocycles. The van der Waals surface area contributed by atoms with Gasteiger partial charge in [0.2, 0.25) is 5.91 Å². The van der Waals surface area contributed by atoms with Crippen LogP contribution in [0.25, 0.3) is 0 Å². The van der Waals surface area contributed by atoms with E-state index >= 15 is 0 Å². The maximum atomic E-state index is 12.1. The van der Waals surface area contributed by atoms with Gasteiger partial charge in [-0.2, -0.15) is 0 Å². The van der Waals surface area contributed by atoms with Crippen LogP contribution in [-0.2, 0) is 4.79 Å². The molecule has 3 heteroatoms. The van der Waals surface area contributed by atoms with Crippen LogP contribution < -0.4 is 10.6 Å². The van der Waals surface area contributed by atoms with E-state index < -0.39 is 0 Å². The fourth-order valence-electron chi connectivity index (χ4n) is 3.90. The van der Waals surface area contributed by atoms with Crippen molar-refractivity contribution in [3.05, 3.63) is 0 Å². The normalized spacial score (nSPS) is 27.5. The van der Waals surface area contributed by atoms with Gasteiger partial charge in [-0.25, -0.2) is 0 Å². The van der Waals surface area contributed by atoms with Gasteiger partial charge in [-0.05, 0) is 51.0 Å². The Kier molecular flexibility index (Phi) is 7.56. The van der Waals surface area contributed by atoms with Crippen LogP contribution in [0.5, 0.6) is 0 Å². The molecule has 2 fully saturated rings. The van der Waals surface area contributed by atoms with E-state index in [1.165, 1.54) is 51.4 Å². The second-order valence-electron chi connectivity index (χ2n) is 7.11. The van der Waals surface area contributed by atoms with Crippen LogP contribution in [-0.4, -0.2) is 24.5 Å². The Hall–Kier alpha value is -0.570. The molecule has 122 valence electrons. The van der Waals surface area contributed by atoms with Gasteiger partial charge in [-0.1, -0.05) is 39.0 Å². The first-order valence-corrected chi connectivity index (χ1v) is 9.30. The summed E-state index contributed by atoms with van der Waals surface area (Å²) in [6.45, 7) is 3.34. The Morgan fingerprint density at radius 1 is 0.952 bits per heavy atom. The summed E-state index contributed by atoms with van der Waals surface area (Å²) in [5.74, 6) is 1.11. The Morgan fingerprint density at radius 2 is 1.62 bits per heavy atom. The topological polar surface area (TPSA) is 41.1 Å². The molecule has 2 saturated carbocycles. The Labute approximate surface area is 130 Å². The van der Waals surface area contributed by atoms with Crippen molar-refractivity contribution < 1.29 is 4.79 Å². The van der Waals surface area contributed by atoms with Crippen molar-refractivity contribution in [1.29, 1.82) is 0 Å². The first-order chi connectivity index (χ1) is 10.3. The van der Waals surface area contributed by atoms with E-state index in [4.69, 9.17) is 0 Å². The summed E-state index contributed by atoms with van der Waals surface area (Å²) in [6, 6.07) is 1.11. The first kappa shape index (κ1) is 16.8. The van der Waals surface area contributed by atoms with Crippen LogP contribution in [0.3, 0.4) is 0 Å². The Morgan fingerprint density at radius 3 is 2.29 bits per heavy atom. The third-order valence-corrected chi connectivity index (χ3v) is 5.28. The Bertz CT molecular complexity index is 292. The van der Waals surface area contributed by atoms with Crippen LogP contribution in [0.2, 0.25) is 0 Å². The fourth-order valence-corrected chi connectivity index (χ4v) is 3.90. The Balaban J connectivity index is 1.56. The molecule has 1 amide bonds. The van der Waals surface area contributed by atoms with E-state index in [1.54, 1.807) is 0 Å². The summed E-state index contributed by atoms with van der Waals surface area (Å²) in [5.41, 5.74) is 0. The summed E-state index contributed by atoms with van der Waals surface area (Å²) >= 11 is 0. The quantitative estimate of drug-likeness (QED) is 0.750. The predicted molar refractivity (Wildman–Crippen MR) is 88.3 cm³/mol. The molecular weight excluding hydrogens is 260 g/mol. The largest absolute Gasteiger partial charge is 0.353 e. The maximum Gasteiger partial charge on any atom is 0.220 e. The minimum absolute atomic E-state index is 0.297. The van der Waals surface area contributed by atoms with E-state index in [-0.39, 0.29) is 0 Å². The van der Waals surface area contributed by atoms with Gasteiger partial charge >= 0.3 is 0 Å². The van der Waals surface area contributed by atoms with Crippen molar-refractivity contribution in [2.75, 3.05) is 6.54 Å².